The molecule has 1 atom stereocenters. The third-order valence-electron chi connectivity index (χ3n) is 3.24. The van der Waals surface area contributed by atoms with E-state index in [0.717, 1.165) is 16.8 Å². The number of nitrogens with zero attached hydrogens (tertiary/aromatic N) is 3. The van der Waals surface area contributed by atoms with Crippen molar-refractivity contribution in [3.63, 3.8) is 0 Å². The van der Waals surface area contributed by atoms with E-state index in [9.17, 15) is 4.79 Å². The smallest absolute Gasteiger partial charge is 0.254 e. The van der Waals surface area contributed by atoms with Gasteiger partial charge >= 0.3 is 0 Å². The lowest BCUT2D eigenvalue weighted by atomic mass is 10.2. The summed E-state index contributed by atoms with van der Waals surface area (Å²) in [6, 6.07) is -0.127. The maximum absolute atomic E-state index is 12.4. The molecular weight excluding hydrogens is 286 g/mol. The van der Waals surface area contributed by atoms with Crippen molar-refractivity contribution < 1.29 is 4.79 Å². The van der Waals surface area contributed by atoms with Crippen LogP contribution in [0.5, 0.6) is 0 Å². The number of aryl methyl sites for hydroxylation is 1. The first-order chi connectivity index (χ1) is 10.2. The molecule has 0 aliphatic rings. The molecule has 2 N–H and O–H groups in total. The number of fused-ring (bicyclic) bond motifs is 1. The van der Waals surface area contributed by atoms with Gasteiger partial charge in [-0.1, -0.05) is 6.92 Å². The number of hydrogen-bond acceptors (Lipinski definition) is 5. The highest BCUT2D eigenvalue weighted by atomic mass is 32.1. The Morgan fingerprint density at radius 2 is 2.29 bits per heavy atom. The number of carbonyl (C=O) groups is 1. The van der Waals surface area contributed by atoms with E-state index in [0.29, 0.717) is 11.2 Å². The fourth-order valence-corrected chi connectivity index (χ4v) is 2.93. The van der Waals surface area contributed by atoms with Gasteiger partial charge in [0.15, 0.2) is 0 Å². The minimum absolute atomic E-state index is 0.127. The number of thiazole rings is 1. The van der Waals surface area contributed by atoms with Crippen LogP contribution in [0.4, 0.5) is 0 Å². The third kappa shape index (κ3) is 2.64. The second kappa shape index (κ2) is 5.61. The number of aromatic amines is 1. The molecule has 0 aliphatic carbocycles. The van der Waals surface area contributed by atoms with E-state index in [2.05, 4.69) is 32.2 Å². The molecule has 108 valence electrons. The van der Waals surface area contributed by atoms with E-state index in [1.807, 2.05) is 13.1 Å². The standard InChI is InChI=1S/C14H15N5OS/c1-3-9-4-17-14(21-9)8(2)19-13(20)11-6-16-12-10(11)5-15-7-18-12/h4-8H,3H2,1-2H3,(H,19,20)(H,15,16,18). The Balaban J connectivity index is 1.79. The van der Waals surface area contributed by atoms with Crippen molar-refractivity contribution in [1.82, 2.24) is 25.3 Å². The second-order valence-electron chi connectivity index (χ2n) is 4.70. The Labute approximate surface area is 125 Å². The molecule has 0 saturated carbocycles. The van der Waals surface area contributed by atoms with Crippen molar-refractivity contribution in [1.29, 1.82) is 0 Å². The van der Waals surface area contributed by atoms with E-state index in [1.54, 1.807) is 23.7 Å². The van der Waals surface area contributed by atoms with E-state index < -0.39 is 0 Å². The summed E-state index contributed by atoms with van der Waals surface area (Å²) in [7, 11) is 0. The van der Waals surface area contributed by atoms with Crippen molar-refractivity contribution in [2.24, 2.45) is 0 Å². The van der Waals surface area contributed by atoms with Crippen molar-refractivity contribution in [3.05, 3.63) is 40.4 Å². The van der Waals surface area contributed by atoms with Gasteiger partial charge in [0.1, 0.15) is 17.0 Å². The number of amides is 1. The molecule has 0 spiro atoms. The Morgan fingerprint density at radius 3 is 3.05 bits per heavy atom. The van der Waals surface area contributed by atoms with Crippen LogP contribution in [0, 0.1) is 0 Å². The SMILES string of the molecule is CCc1cnc(C(C)NC(=O)c2c[nH]c3ncncc23)s1. The highest BCUT2D eigenvalue weighted by Gasteiger charge is 2.17. The van der Waals surface area contributed by atoms with Gasteiger partial charge in [-0.25, -0.2) is 15.0 Å². The summed E-state index contributed by atoms with van der Waals surface area (Å²) in [6.45, 7) is 4.02. The first kappa shape index (κ1) is 13.7. The highest BCUT2D eigenvalue weighted by molar-refractivity contribution is 7.11. The molecule has 1 amide bonds. The maximum Gasteiger partial charge on any atom is 0.254 e. The van der Waals surface area contributed by atoms with Crippen molar-refractivity contribution in [2.75, 3.05) is 0 Å². The summed E-state index contributed by atoms with van der Waals surface area (Å²) in [5.74, 6) is -0.156. The van der Waals surface area contributed by atoms with Gasteiger partial charge in [-0.05, 0) is 13.3 Å². The number of aromatic nitrogens is 4. The minimum atomic E-state index is -0.156. The van der Waals surface area contributed by atoms with Crippen LogP contribution in [0.2, 0.25) is 0 Å². The first-order valence-electron chi connectivity index (χ1n) is 6.71. The predicted octanol–water partition coefficient (Wildman–Crippen LogP) is 2.47. The molecule has 0 saturated heterocycles. The van der Waals surface area contributed by atoms with Crippen LogP contribution in [0.3, 0.4) is 0 Å². The second-order valence-corrected chi connectivity index (χ2v) is 5.85. The van der Waals surface area contributed by atoms with Crippen LogP contribution in [-0.2, 0) is 6.42 Å². The monoisotopic (exact) mass is 301 g/mol. The van der Waals surface area contributed by atoms with Crippen LogP contribution >= 0.6 is 11.3 Å². The first-order valence-corrected chi connectivity index (χ1v) is 7.53. The van der Waals surface area contributed by atoms with Gasteiger partial charge in [-0.2, -0.15) is 0 Å². The quantitative estimate of drug-likeness (QED) is 0.775. The number of hydrogen-bond donors (Lipinski definition) is 2. The van der Waals surface area contributed by atoms with E-state index in [1.165, 1.54) is 11.2 Å². The molecule has 7 heteroatoms. The fourth-order valence-electron chi connectivity index (χ4n) is 2.07. The van der Waals surface area contributed by atoms with Gasteiger partial charge in [-0.15, -0.1) is 11.3 Å². The van der Waals surface area contributed by atoms with Crippen LogP contribution in [0.15, 0.2) is 24.9 Å². The normalized spacial score (nSPS) is 12.5. The molecule has 3 aromatic rings. The zero-order chi connectivity index (χ0) is 14.8. The van der Waals surface area contributed by atoms with E-state index in [-0.39, 0.29) is 11.9 Å². The Kier molecular flexibility index (Phi) is 3.66. The van der Waals surface area contributed by atoms with E-state index >= 15 is 0 Å². The molecule has 0 aromatic carbocycles. The van der Waals surface area contributed by atoms with Gasteiger partial charge in [0.05, 0.1) is 11.6 Å². The predicted molar refractivity (Wildman–Crippen MR) is 81.3 cm³/mol. The van der Waals surface area contributed by atoms with Gasteiger partial charge < -0.3 is 10.3 Å². The van der Waals surface area contributed by atoms with Crippen LogP contribution in [-0.4, -0.2) is 25.8 Å². The highest BCUT2D eigenvalue weighted by Crippen LogP contribution is 2.21. The topological polar surface area (TPSA) is 83.6 Å². The Morgan fingerprint density at radius 1 is 1.43 bits per heavy atom. The molecule has 6 nitrogen and oxygen atoms in total. The molecule has 3 aromatic heterocycles. The van der Waals surface area contributed by atoms with Crippen LogP contribution < -0.4 is 5.32 Å². The van der Waals surface area contributed by atoms with Crippen LogP contribution in [0.1, 0.15) is 40.1 Å². The summed E-state index contributed by atoms with van der Waals surface area (Å²) in [5.41, 5.74) is 1.20. The zero-order valence-corrected chi connectivity index (χ0v) is 12.6. The number of rotatable bonds is 4. The molecule has 0 fully saturated rings. The molecule has 0 bridgehead atoms. The lowest BCUT2D eigenvalue weighted by Gasteiger charge is -2.10. The summed E-state index contributed by atoms with van der Waals surface area (Å²) in [4.78, 5) is 28.9. The summed E-state index contributed by atoms with van der Waals surface area (Å²) in [6.07, 6.45) is 7.56. The molecule has 0 radical (unpaired) electrons. The van der Waals surface area contributed by atoms with Gasteiger partial charge in [0.2, 0.25) is 0 Å². The van der Waals surface area contributed by atoms with Crippen molar-refractivity contribution in [3.8, 4) is 0 Å². The van der Waals surface area contributed by atoms with Gasteiger partial charge in [0.25, 0.3) is 5.91 Å². The molecule has 3 rings (SSSR count). The average molecular weight is 301 g/mol. The third-order valence-corrected chi connectivity index (χ3v) is 4.56. The van der Waals surface area contributed by atoms with Crippen LogP contribution in [0.25, 0.3) is 11.0 Å². The zero-order valence-electron chi connectivity index (χ0n) is 11.8. The Hall–Kier alpha value is -2.28. The van der Waals surface area contributed by atoms with Crippen molar-refractivity contribution in [2.45, 2.75) is 26.3 Å². The van der Waals surface area contributed by atoms with E-state index in [4.69, 9.17) is 0 Å². The summed E-state index contributed by atoms with van der Waals surface area (Å²) in [5, 5.41) is 4.59. The molecule has 1 unspecified atom stereocenters. The lowest BCUT2D eigenvalue weighted by Crippen LogP contribution is -2.26. The lowest BCUT2D eigenvalue weighted by molar-refractivity contribution is 0.0941. The molecule has 0 aliphatic heterocycles. The summed E-state index contributed by atoms with van der Waals surface area (Å²) >= 11 is 1.63. The minimum Gasteiger partial charge on any atom is -0.345 e. The number of carbonyl (C=O) groups excluding carboxylic acids is 1. The number of nitrogens with one attached hydrogen (secondary N) is 2. The average Bonchev–Trinajstić information content (AvgIpc) is 3.14. The van der Waals surface area contributed by atoms with Crippen molar-refractivity contribution >= 4 is 28.3 Å². The summed E-state index contributed by atoms with van der Waals surface area (Å²) < 4.78 is 0. The van der Waals surface area contributed by atoms with Gasteiger partial charge in [-0.3, -0.25) is 4.79 Å². The van der Waals surface area contributed by atoms with Gasteiger partial charge in [0, 0.05) is 28.9 Å². The molecule has 3 heterocycles. The molecule has 21 heavy (non-hydrogen) atoms. The molecular formula is C14H15N5OS. The Bertz CT molecular complexity index is 778. The maximum atomic E-state index is 12.4. The number of H-pyrrole nitrogens is 1. The fraction of sp³-hybridized carbons (Fsp3) is 0.286. The largest absolute Gasteiger partial charge is 0.345 e.